The molecule has 0 aliphatic heterocycles. The normalized spacial score (nSPS) is 44.1. The molecule has 1 nitrogen and oxygen atoms in total. The molecule has 9 atom stereocenters. The molecule has 9 unspecified atom stereocenters. The molecular weight excluding hydrogens is 376 g/mol. The van der Waals surface area contributed by atoms with Gasteiger partial charge in [0.25, 0.3) is 0 Å². The van der Waals surface area contributed by atoms with Crippen LogP contribution in [0, 0.1) is 52.3 Å². The minimum Gasteiger partial charge on any atom is -0.393 e. The van der Waals surface area contributed by atoms with Crippen LogP contribution in [0.15, 0.2) is 23.8 Å². The molecule has 0 aromatic carbocycles. The molecule has 4 aliphatic carbocycles. The van der Waals surface area contributed by atoms with Crippen LogP contribution in [0.3, 0.4) is 0 Å². The molecule has 1 N–H and O–H groups in total. The highest BCUT2D eigenvalue weighted by Crippen LogP contribution is 2.67. The van der Waals surface area contributed by atoms with Crippen LogP contribution < -0.4 is 0 Å². The molecule has 0 spiro atoms. The summed E-state index contributed by atoms with van der Waals surface area (Å²) in [5.41, 5.74) is 4.28. The molecule has 0 radical (unpaired) electrons. The van der Waals surface area contributed by atoms with E-state index < -0.39 is 0 Å². The lowest BCUT2D eigenvalue weighted by Crippen LogP contribution is -2.49. The Balaban J connectivity index is 1.46. The monoisotopic (exact) mass is 426 g/mol. The van der Waals surface area contributed by atoms with Gasteiger partial charge < -0.3 is 5.11 Å². The topological polar surface area (TPSA) is 20.2 Å². The highest BCUT2D eigenvalue weighted by atomic mass is 16.3. The van der Waals surface area contributed by atoms with Crippen molar-refractivity contribution in [3.05, 3.63) is 23.8 Å². The van der Waals surface area contributed by atoms with Crippen LogP contribution in [0.1, 0.15) is 106 Å². The highest BCUT2D eigenvalue weighted by molar-refractivity contribution is 5.27. The van der Waals surface area contributed by atoms with Gasteiger partial charge in [0.1, 0.15) is 0 Å². The van der Waals surface area contributed by atoms with E-state index in [2.05, 4.69) is 54.2 Å². The van der Waals surface area contributed by atoms with Gasteiger partial charge in [-0.3, -0.25) is 0 Å². The Morgan fingerprint density at radius 2 is 1.71 bits per heavy atom. The Morgan fingerprint density at radius 3 is 2.42 bits per heavy atom. The number of allylic oxidation sites excluding steroid dienone is 3. The molecule has 4 rings (SSSR count). The molecular formula is C30H50O. The molecule has 0 aromatic heterocycles. The fraction of sp³-hybridized carbons (Fsp3) is 0.867. The molecule has 0 heterocycles. The summed E-state index contributed by atoms with van der Waals surface area (Å²) in [5, 5.41) is 10.3. The summed E-state index contributed by atoms with van der Waals surface area (Å²) in [4.78, 5) is 0. The predicted molar refractivity (Wildman–Crippen MR) is 133 cm³/mol. The van der Waals surface area contributed by atoms with Crippen molar-refractivity contribution in [2.45, 2.75) is 112 Å². The van der Waals surface area contributed by atoms with Gasteiger partial charge in [-0.15, -0.1) is 0 Å². The van der Waals surface area contributed by atoms with Crippen LogP contribution in [-0.2, 0) is 0 Å². The summed E-state index contributed by atoms with van der Waals surface area (Å²) < 4.78 is 0. The fourth-order valence-corrected chi connectivity index (χ4v) is 8.78. The highest BCUT2D eigenvalue weighted by Gasteiger charge is 2.58. The standard InChI is InChI=1S/C30H50O/c1-19(2)22(5)20(3)8-9-21(4)26-12-13-27-25-11-10-23-18-24(31)14-16-29(23,6)28(25)15-17-30(26,27)7/h11,19,21-24,26-28,31H,3,8-10,12-18H2,1-2,4-7H3. The van der Waals surface area contributed by atoms with Gasteiger partial charge in [0.15, 0.2) is 0 Å². The smallest absolute Gasteiger partial charge is 0.0543 e. The van der Waals surface area contributed by atoms with Gasteiger partial charge in [0.2, 0.25) is 0 Å². The number of hydrogen-bond acceptors (Lipinski definition) is 1. The first-order valence-electron chi connectivity index (χ1n) is 13.6. The molecule has 4 aliphatic rings. The van der Waals surface area contributed by atoms with Crippen molar-refractivity contribution < 1.29 is 5.11 Å². The molecule has 0 amide bonds. The lowest BCUT2D eigenvalue weighted by atomic mass is 9.47. The number of fused-ring (bicyclic) bond motifs is 5. The summed E-state index contributed by atoms with van der Waals surface area (Å²) in [7, 11) is 0. The average molecular weight is 427 g/mol. The Labute approximate surface area is 193 Å². The molecule has 0 bridgehead atoms. The Hall–Kier alpha value is -0.560. The first-order chi connectivity index (χ1) is 14.6. The van der Waals surface area contributed by atoms with Crippen LogP contribution in [0.2, 0.25) is 0 Å². The van der Waals surface area contributed by atoms with E-state index >= 15 is 0 Å². The second-order valence-corrected chi connectivity index (χ2v) is 13.1. The van der Waals surface area contributed by atoms with Gasteiger partial charge in [0, 0.05) is 0 Å². The summed E-state index contributed by atoms with van der Waals surface area (Å²) in [5.74, 6) is 5.35. The molecule has 0 saturated heterocycles. The first kappa shape index (κ1) is 23.6. The maximum Gasteiger partial charge on any atom is 0.0543 e. The number of hydrogen-bond donors (Lipinski definition) is 1. The van der Waals surface area contributed by atoms with Gasteiger partial charge in [-0.05, 0) is 116 Å². The third-order valence-electron chi connectivity index (χ3n) is 11.4. The van der Waals surface area contributed by atoms with Gasteiger partial charge in [0.05, 0.1) is 6.10 Å². The van der Waals surface area contributed by atoms with Gasteiger partial charge in [-0.1, -0.05) is 65.3 Å². The van der Waals surface area contributed by atoms with Crippen molar-refractivity contribution in [2.24, 2.45) is 52.3 Å². The summed E-state index contributed by atoms with van der Waals surface area (Å²) in [6.07, 6.45) is 15.3. The van der Waals surface area contributed by atoms with E-state index in [1.165, 1.54) is 56.9 Å². The minimum absolute atomic E-state index is 0.0493. The zero-order valence-electron chi connectivity index (χ0n) is 21.4. The van der Waals surface area contributed by atoms with Crippen molar-refractivity contribution in [2.75, 3.05) is 0 Å². The third-order valence-corrected chi connectivity index (χ3v) is 11.4. The minimum atomic E-state index is -0.0493. The zero-order chi connectivity index (χ0) is 22.6. The van der Waals surface area contributed by atoms with E-state index in [1.807, 2.05) is 5.57 Å². The van der Waals surface area contributed by atoms with Crippen molar-refractivity contribution in [3.63, 3.8) is 0 Å². The maximum atomic E-state index is 10.3. The molecule has 1 heteroatoms. The predicted octanol–water partition coefficient (Wildman–Crippen LogP) is 8.19. The van der Waals surface area contributed by atoms with E-state index in [0.29, 0.717) is 28.6 Å². The third kappa shape index (κ3) is 4.00. The first-order valence-corrected chi connectivity index (χ1v) is 13.6. The quantitative estimate of drug-likeness (QED) is 0.424. The number of aliphatic hydroxyl groups excluding tert-OH is 1. The second-order valence-electron chi connectivity index (χ2n) is 13.1. The summed E-state index contributed by atoms with van der Waals surface area (Å²) in [6, 6.07) is 0. The van der Waals surface area contributed by atoms with Crippen LogP contribution in [0.25, 0.3) is 0 Å². The van der Waals surface area contributed by atoms with E-state index in [1.54, 1.807) is 0 Å². The van der Waals surface area contributed by atoms with E-state index in [-0.39, 0.29) is 6.10 Å². The molecule has 3 saturated carbocycles. The van der Waals surface area contributed by atoms with Crippen LogP contribution in [-0.4, -0.2) is 11.2 Å². The van der Waals surface area contributed by atoms with Gasteiger partial charge in [-0.2, -0.15) is 0 Å². The van der Waals surface area contributed by atoms with E-state index in [0.717, 1.165) is 36.5 Å². The van der Waals surface area contributed by atoms with E-state index in [4.69, 9.17) is 0 Å². The fourth-order valence-electron chi connectivity index (χ4n) is 8.78. The molecule has 0 aromatic rings. The van der Waals surface area contributed by atoms with E-state index in [9.17, 15) is 5.11 Å². The largest absolute Gasteiger partial charge is 0.393 e. The van der Waals surface area contributed by atoms with Crippen molar-refractivity contribution in [1.82, 2.24) is 0 Å². The lowest BCUT2D eigenvalue weighted by Gasteiger charge is -2.57. The van der Waals surface area contributed by atoms with Crippen molar-refractivity contribution >= 4 is 0 Å². The second kappa shape index (κ2) is 8.66. The SMILES string of the molecule is C=C(CCC(C)C1CCC2C3=CCC4CC(O)CCC4(C)C3CCC21C)C(C)C(C)C. The van der Waals surface area contributed by atoms with Gasteiger partial charge in [-0.25, -0.2) is 0 Å². The molecule has 31 heavy (non-hydrogen) atoms. The Kier molecular flexibility index (Phi) is 6.59. The van der Waals surface area contributed by atoms with Crippen LogP contribution in [0.4, 0.5) is 0 Å². The average Bonchev–Trinajstić information content (AvgIpc) is 3.09. The summed E-state index contributed by atoms with van der Waals surface area (Å²) >= 11 is 0. The van der Waals surface area contributed by atoms with Crippen LogP contribution >= 0.6 is 0 Å². The number of rotatable bonds is 6. The zero-order valence-corrected chi connectivity index (χ0v) is 21.4. The van der Waals surface area contributed by atoms with Gasteiger partial charge >= 0.3 is 0 Å². The summed E-state index contributed by atoms with van der Waals surface area (Å²) in [6.45, 7) is 19.3. The lowest BCUT2D eigenvalue weighted by molar-refractivity contribution is -0.0427. The Morgan fingerprint density at radius 1 is 1.03 bits per heavy atom. The van der Waals surface area contributed by atoms with Crippen molar-refractivity contribution in [1.29, 1.82) is 0 Å². The molecule has 176 valence electrons. The van der Waals surface area contributed by atoms with Crippen molar-refractivity contribution in [3.8, 4) is 0 Å². The molecule has 3 fully saturated rings. The van der Waals surface area contributed by atoms with Crippen LogP contribution in [0.5, 0.6) is 0 Å². The Bertz CT molecular complexity index is 703. The maximum absolute atomic E-state index is 10.3. The number of aliphatic hydroxyl groups is 1.